The van der Waals surface area contributed by atoms with Gasteiger partial charge in [-0.1, -0.05) is 35.9 Å². The smallest absolute Gasteiger partial charge is 0.124 e. The SMILES string of the molecule is NCC(c1ccc(F)cc1Cl)N1CCc2ccccc21. The molecule has 1 unspecified atom stereocenters. The number of benzene rings is 2. The summed E-state index contributed by atoms with van der Waals surface area (Å²) in [6, 6.07) is 12.8. The van der Waals surface area contributed by atoms with Crippen molar-refractivity contribution in [3.8, 4) is 0 Å². The van der Waals surface area contributed by atoms with Crippen molar-refractivity contribution in [3.63, 3.8) is 0 Å². The number of nitrogens with two attached hydrogens (primary N) is 1. The summed E-state index contributed by atoms with van der Waals surface area (Å²) >= 11 is 6.19. The first-order valence-electron chi connectivity index (χ1n) is 6.70. The van der Waals surface area contributed by atoms with Crippen molar-refractivity contribution in [1.29, 1.82) is 0 Å². The zero-order valence-corrected chi connectivity index (χ0v) is 11.8. The van der Waals surface area contributed by atoms with Gasteiger partial charge in [0.1, 0.15) is 5.82 Å². The molecule has 1 atom stereocenters. The molecule has 1 aliphatic heterocycles. The molecular weight excluding hydrogens is 275 g/mol. The molecule has 0 saturated carbocycles. The second kappa shape index (κ2) is 5.43. The third kappa shape index (κ3) is 2.28. The van der Waals surface area contributed by atoms with Gasteiger partial charge in [-0.25, -0.2) is 4.39 Å². The minimum atomic E-state index is -0.323. The average molecular weight is 291 g/mol. The van der Waals surface area contributed by atoms with E-state index in [1.54, 1.807) is 6.07 Å². The van der Waals surface area contributed by atoms with E-state index in [2.05, 4.69) is 17.0 Å². The lowest BCUT2D eigenvalue weighted by Crippen LogP contribution is -2.32. The van der Waals surface area contributed by atoms with E-state index in [1.165, 1.54) is 23.4 Å². The number of anilines is 1. The molecule has 1 heterocycles. The van der Waals surface area contributed by atoms with Crippen LogP contribution in [0.4, 0.5) is 10.1 Å². The molecular formula is C16H16ClFN2. The number of para-hydroxylation sites is 1. The van der Waals surface area contributed by atoms with E-state index >= 15 is 0 Å². The van der Waals surface area contributed by atoms with Gasteiger partial charge in [0.25, 0.3) is 0 Å². The maximum atomic E-state index is 13.2. The van der Waals surface area contributed by atoms with Gasteiger partial charge in [-0.2, -0.15) is 0 Å². The van der Waals surface area contributed by atoms with Crippen LogP contribution in [0.25, 0.3) is 0 Å². The van der Waals surface area contributed by atoms with E-state index in [-0.39, 0.29) is 11.9 Å². The Kier molecular flexibility index (Phi) is 3.64. The van der Waals surface area contributed by atoms with Crippen molar-refractivity contribution in [3.05, 3.63) is 64.4 Å². The molecule has 2 nitrogen and oxygen atoms in total. The molecule has 0 saturated heterocycles. The first-order chi connectivity index (χ1) is 9.70. The Balaban J connectivity index is 1.99. The van der Waals surface area contributed by atoms with Crippen LogP contribution in [-0.2, 0) is 6.42 Å². The molecule has 3 rings (SSSR count). The van der Waals surface area contributed by atoms with Crippen LogP contribution in [0.3, 0.4) is 0 Å². The lowest BCUT2D eigenvalue weighted by Gasteiger charge is -2.30. The van der Waals surface area contributed by atoms with Crippen LogP contribution >= 0.6 is 11.6 Å². The highest BCUT2D eigenvalue weighted by Crippen LogP contribution is 2.36. The predicted octanol–water partition coefficient (Wildman–Crippen LogP) is 3.54. The Hall–Kier alpha value is -1.58. The van der Waals surface area contributed by atoms with Crippen molar-refractivity contribution in [1.82, 2.24) is 0 Å². The van der Waals surface area contributed by atoms with Crippen molar-refractivity contribution in [2.45, 2.75) is 12.5 Å². The molecule has 0 amide bonds. The Labute approximate surface area is 123 Å². The molecule has 2 aromatic carbocycles. The van der Waals surface area contributed by atoms with E-state index in [9.17, 15) is 4.39 Å². The van der Waals surface area contributed by atoms with Crippen LogP contribution in [0, 0.1) is 5.82 Å². The number of rotatable bonds is 3. The highest BCUT2D eigenvalue weighted by atomic mass is 35.5. The quantitative estimate of drug-likeness (QED) is 0.937. The molecule has 2 aromatic rings. The summed E-state index contributed by atoms with van der Waals surface area (Å²) in [6.07, 6.45) is 1.01. The summed E-state index contributed by atoms with van der Waals surface area (Å²) < 4.78 is 13.2. The average Bonchev–Trinajstić information content (AvgIpc) is 2.86. The summed E-state index contributed by atoms with van der Waals surface area (Å²) in [5.74, 6) is -0.323. The largest absolute Gasteiger partial charge is 0.363 e. The van der Waals surface area contributed by atoms with Crippen LogP contribution in [0.5, 0.6) is 0 Å². The highest BCUT2D eigenvalue weighted by Gasteiger charge is 2.27. The standard InChI is InChI=1S/C16H16ClFN2/c17-14-9-12(18)5-6-13(14)16(10-19)20-8-7-11-3-1-2-4-15(11)20/h1-6,9,16H,7-8,10,19H2. The second-order valence-electron chi connectivity index (χ2n) is 4.99. The predicted molar refractivity (Wildman–Crippen MR) is 80.7 cm³/mol. The highest BCUT2D eigenvalue weighted by molar-refractivity contribution is 6.31. The van der Waals surface area contributed by atoms with Crippen molar-refractivity contribution in [2.75, 3.05) is 18.0 Å². The molecule has 1 aliphatic rings. The first kappa shape index (κ1) is 13.4. The van der Waals surface area contributed by atoms with E-state index in [0.717, 1.165) is 18.5 Å². The molecule has 4 heteroatoms. The van der Waals surface area contributed by atoms with Gasteiger partial charge in [0.15, 0.2) is 0 Å². The fourth-order valence-electron chi connectivity index (χ4n) is 2.88. The first-order valence-corrected chi connectivity index (χ1v) is 7.08. The number of hydrogen-bond donors (Lipinski definition) is 1. The van der Waals surface area contributed by atoms with Crippen LogP contribution in [0.1, 0.15) is 17.2 Å². The molecule has 20 heavy (non-hydrogen) atoms. The van der Waals surface area contributed by atoms with Gasteiger partial charge in [-0.05, 0) is 35.7 Å². The summed E-state index contributed by atoms with van der Waals surface area (Å²) in [6.45, 7) is 1.36. The lowest BCUT2D eigenvalue weighted by atomic mass is 10.0. The maximum Gasteiger partial charge on any atom is 0.124 e. The second-order valence-corrected chi connectivity index (χ2v) is 5.40. The molecule has 104 valence electrons. The molecule has 0 fully saturated rings. The summed E-state index contributed by atoms with van der Waals surface area (Å²) in [4.78, 5) is 2.26. The minimum Gasteiger partial charge on any atom is -0.363 e. The van der Waals surface area contributed by atoms with Gasteiger partial charge in [-0.15, -0.1) is 0 Å². The monoisotopic (exact) mass is 290 g/mol. The van der Waals surface area contributed by atoms with Crippen molar-refractivity contribution < 1.29 is 4.39 Å². The van der Waals surface area contributed by atoms with Gasteiger partial charge in [0.2, 0.25) is 0 Å². The van der Waals surface area contributed by atoms with Gasteiger partial charge in [0.05, 0.1) is 6.04 Å². The summed E-state index contributed by atoms with van der Waals surface area (Å²) in [7, 11) is 0. The van der Waals surface area contributed by atoms with Crippen LogP contribution < -0.4 is 10.6 Å². The Bertz CT molecular complexity index is 630. The van der Waals surface area contributed by atoms with Crippen molar-refractivity contribution in [2.24, 2.45) is 5.73 Å². The number of nitrogens with zero attached hydrogens (tertiary/aromatic N) is 1. The molecule has 0 aliphatic carbocycles. The van der Waals surface area contributed by atoms with Crippen LogP contribution in [0.15, 0.2) is 42.5 Å². The van der Waals surface area contributed by atoms with Gasteiger partial charge in [0, 0.05) is 23.8 Å². The van der Waals surface area contributed by atoms with Gasteiger partial charge >= 0.3 is 0 Å². The molecule has 0 spiro atoms. The lowest BCUT2D eigenvalue weighted by molar-refractivity contribution is 0.619. The molecule has 2 N–H and O–H groups in total. The van der Waals surface area contributed by atoms with E-state index < -0.39 is 0 Å². The molecule has 0 radical (unpaired) electrons. The number of fused-ring (bicyclic) bond motifs is 1. The fraction of sp³-hybridized carbons (Fsp3) is 0.250. The van der Waals surface area contributed by atoms with Crippen LogP contribution in [0.2, 0.25) is 5.02 Å². The Morgan fingerprint density at radius 3 is 2.80 bits per heavy atom. The number of halogens is 2. The van der Waals surface area contributed by atoms with Gasteiger partial charge < -0.3 is 10.6 Å². The van der Waals surface area contributed by atoms with E-state index in [1.807, 2.05) is 12.1 Å². The van der Waals surface area contributed by atoms with Crippen molar-refractivity contribution >= 4 is 17.3 Å². The topological polar surface area (TPSA) is 29.3 Å². The zero-order chi connectivity index (χ0) is 14.1. The van der Waals surface area contributed by atoms with E-state index in [4.69, 9.17) is 17.3 Å². The summed E-state index contributed by atoms with van der Waals surface area (Å²) in [5.41, 5.74) is 9.36. The summed E-state index contributed by atoms with van der Waals surface area (Å²) in [5, 5.41) is 0.435. The third-order valence-corrected chi connectivity index (χ3v) is 4.17. The maximum absolute atomic E-state index is 13.2. The number of hydrogen-bond acceptors (Lipinski definition) is 2. The minimum absolute atomic E-state index is 0.0215. The Morgan fingerprint density at radius 1 is 1.25 bits per heavy atom. The molecule has 0 bridgehead atoms. The van der Waals surface area contributed by atoms with E-state index in [0.29, 0.717) is 11.6 Å². The van der Waals surface area contributed by atoms with Gasteiger partial charge in [-0.3, -0.25) is 0 Å². The zero-order valence-electron chi connectivity index (χ0n) is 11.0. The fourth-order valence-corrected chi connectivity index (χ4v) is 3.17. The Morgan fingerprint density at radius 2 is 2.05 bits per heavy atom. The third-order valence-electron chi connectivity index (χ3n) is 3.84. The normalized spacial score (nSPS) is 15.2. The van der Waals surface area contributed by atoms with Crippen LogP contribution in [-0.4, -0.2) is 13.1 Å². The molecule has 0 aromatic heterocycles.